The van der Waals surface area contributed by atoms with E-state index in [1.165, 1.54) is 0 Å². The van der Waals surface area contributed by atoms with Crippen molar-refractivity contribution < 1.29 is 9.90 Å². The molecule has 0 aliphatic rings. The Morgan fingerprint density at radius 3 is 3.29 bits per heavy atom. The Bertz CT molecular complexity index is 446. The Morgan fingerprint density at radius 1 is 1.64 bits per heavy atom. The van der Waals surface area contributed by atoms with Crippen molar-refractivity contribution in [1.29, 1.82) is 0 Å². The molecule has 5 heteroatoms. The third kappa shape index (κ3) is 1.77. The van der Waals surface area contributed by atoms with Gasteiger partial charge in [-0.1, -0.05) is 0 Å². The van der Waals surface area contributed by atoms with Crippen LogP contribution in [0, 0.1) is 0 Å². The molecule has 2 aromatic rings. The zero-order chi connectivity index (χ0) is 9.97. The van der Waals surface area contributed by atoms with Crippen molar-refractivity contribution in [2.75, 3.05) is 0 Å². The van der Waals surface area contributed by atoms with Crippen LogP contribution in [0.5, 0.6) is 0 Å². The maximum atomic E-state index is 10.3. The summed E-state index contributed by atoms with van der Waals surface area (Å²) in [4.78, 5) is 15.7. The van der Waals surface area contributed by atoms with Gasteiger partial charge in [0.25, 0.3) is 0 Å². The van der Waals surface area contributed by atoms with Gasteiger partial charge in [-0.3, -0.25) is 9.20 Å². The van der Waals surface area contributed by atoms with Crippen molar-refractivity contribution in [3.63, 3.8) is 0 Å². The van der Waals surface area contributed by atoms with Crippen molar-refractivity contribution in [3.05, 3.63) is 23.6 Å². The number of aryl methyl sites for hydroxylation is 1. The lowest BCUT2D eigenvalue weighted by Crippen LogP contribution is -1.98. The number of aliphatic carboxylic acids is 1. The van der Waals surface area contributed by atoms with Crippen LogP contribution in [-0.4, -0.2) is 20.5 Å². The van der Waals surface area contributed by atoms with E-state index in [0.29, 0.717) is 6.42 Å². The minimum absolute atomic E-state index is 0.207. The molecule has 0 fully saturated rings. The summed E-state index contributed by atoms with van der Waals surface area (Å²) in [6.45, 7) is 0. The summed E-state index contributed by atoms with van der Waals surface area (Å²) in [6, 6.07) is 0. The number of carboxylic acids is 1. The van der Waals surface area contributed by atoms with Crippen LogP contribution in [0.1, 0.15) is 18.7 Å². The fraction of sp³-hybridized carbons (Fsp3) is 0.333. The molecule has 0 spiro atoms. The predicted molar refractivity (Wildman–Crippen MR) is 53.6 cm³/mol. The molecular weight excluding hydrogens is 200 g/mol. The van der Waals surface area contributed by atoms with Gasteiger partial charge in [-0.05, 0) is 6.42 Å². The molecule has 0 saturated carbocycles. The molecule has 0 aromatic carbocycles. The molecule has 0 atom stereocenters. The van der Waals surface area contributed by atoms with E-state index in [2.05, 4.69) is 4.98 Å². The van der Waals surface area contributed by atoms with Gasteiger partial charge in [0.2, 0.25) is 0 Å². The third-order valence-electron chi connectivity index (χ3n) is 2.03. The molecule has 74 valence electrons. The number of aromatic nitrogens is 2. The van der Waals surface area contributed by atoms with E-state index in [-0.39, 0.29) is 6.42 Å². The van der Waals surface area contributed by atoms with Crippen molar-refractivity contribution in [1.82, 2.24) is 9.38 Å². The van der Waals surface area contributed by atoms with Crippen molar-refractivity contribution in [3.8, 4) is 0 Å². The largest absolute Gasteiger partial charge is 0.481 e. The number of hydrogen-bond acceptors (Lipinski definition) is 3. The molecule has 1 N–H and O–H groups in total. The van der Waals surface area contributed by atoms with E-state index in [1.807, 2.05) is 22.2 Å². The van der Waals surface area contributed by atoms with E-state index >= 15 is 0 Å². The standard InChI is InChI=1S/C9H10N2O2S/c12-9(13)3-1-2-7-10-6-8-11(7)4-5-14-8/h4-6H,1-3H2,(H,12,13). The number of fused-ring (bicyclic) bond motifs is 1. The van der Waals surface area contributed by atoms with E-state index in [9.17, 15) is 4.79 Å². The van der Waals surface area contributed by atoms with Crippen LogP contribution in [0.4, 0.5) is 0 Å². The second kappa shape index (κ2) is 3.79. The molecule has 0 aliphatic heterocycles. The van der Waals surface area contributed by atoms with Crippen LogP contribution in [0.15, 0.2) is 17.8 Å². The first kappa shape index (κ1) is 9.21. The van der Waals surface area contributed by atoms with Crippen LogP contribution >= 0.6 is 11.3 Å². The lowest BCUT2D eigenvalue weighted by molar-refractivity contribution is -0.137. The van der Waals surface area contributed by atoms with E-state index < -0.39 is 5.97 Å². The summed E-state index contributed by atoms with van der Waals surface area (Å²) in [6.07, 6.45) is 5.35. The zero-order valence-electron chi connectivity index (χ0n) is 7.51. The number of nitrogens with zero attached hydrogens (tertiary/aromatic N) is 2. The Labute approximate surface area is 84.8 Å². The van der Waals surface area contributed by atoms with Gasteiger partial charge in [-0.25, -0.2) is 4.98 Å². The fourth-order valence-electron chi connectivity index (χ4n) is 1.37. The Balaban J connectivity index is 2.04. The molecular formula is C9H10N2O2S. The first-order valence-electron chi connectivity index (χ1n) is 4.38. The summed E-state index contributed by atoms with van der Waals surface area (Å²) in [5.74, 6) is 0.200. The topological polar surface area (TPSA) is 54.6 Å². The van der Waals surface area contributed by atoms with Gasteiger partial charge in [0, 0.05) is 24.4 Å². The van der Waals surface area contributed by atoms with E-state index in [1.54, 1.807) is 11.3 Å². The minimum Gasteiger partial charge on any atom is -0.481 e. The van der Waals surface area contributed by atoms with Crippen LogP contribution in [0.3, 0.4) is 0 Å². The van der Waals surface area contributed by atoms with E-state index in [4.69, 9.17) is 5.11 Å². The summed E-state index contributed by atoms with van der Waals surface area (Å²) in [5, 5.41) is 10.5. The zero-order valence-corrected chi connectivity index (χ0v) is 8.33. The molecule has 0 amide bonds. The average molecular weight is 210 g/mol. The average Bonchev–Trinajstić information content (AvgIpc) is 2.67. The van der Waals surface area contributed by atoms with Crippen molar-refractivity contribution in [2.45, 2.75) is 19.3 Å². The number of carbonyl (C=O) groups is 1. The number of rotatable bonds is 4. The quantitative estimate of drug-likeness (QED) is 0.837. The molecule has 0 saturated heterocycles. The molecule has 2 rings (SSSR count). The highest BCUT2D eigenvalue weighted by atomic mass is 32.1. The van der Waals surface area contributed by atoms with Gasteiger partial charge in [0.1, 0.15) is 10.7 Å². The summed E-state index contributed by atoms with van der Waals surface area (Å²) in [5.41, 5.74) is 0. The fourth-order valence-corrected chi connectivity index (χ4v) is 2.09. The van der Waals surface area contributed by atoms with Gasteiger partial charge in [0.15, 0.2) is 0 Å². The normalized spacial score (nSPS) is 10.9. The van der Waals surface area contributed by atoms with Crippen LogP contribution in [0.25, 0.3) is 4.83 Å². The molecule has 0 radical (unpaired) electrons. The highest BCUT2D eigenvalue weighted by Gasteiger charge is 2.04. The van der Waals surface area contributed by atoms with E-state index in [0.717, 1.165) is 17.1 Å². The monoisotopic (exact) mass is 210 g/mol. The SMILES string of the molecule is O=C(O)CCCc1ncc2sccn12. The smallest absolute Gasteiger partial charge is 0.303 e. The highest BCUT2D eigenvalue weighted by Crippen LogP contribution is 2.14. The number of hydrogen-bond donors (Lipinski definition) is 1. The van der Waals surface area contributed by atoms with Gasteiger partial charge in [0.05, 0.1) is 6.20 Å². The van der Waals surface area contributed by atoms with Crippen LogP contribution < -0.4 is 0 Å². The van der Waals surface area contributed by atoms with Crippen molar-refractivity contribution in [2.24, 2.45) is 0 Å². The molecule has 0 unspecified atom stereocenters. The highest BCUT2D eigenvalue weighted by molar-refractivity contribution is 7.15. The maximum Gasteiger partial charge on any atom is 0.303 e. The number of thiazole rings is 1. The molecule has 2 heterocycles. The molecule has 0 aliphatic carbocycles. The summed E-state index contributed by atoms with van der Waals surface area (Å²) >= 11 is 1.63. The summed E-state index contributed by atoms with van der Waals surface area (Å²) in [7, 11) is 0. The first-order chi connectivity index (χ1) is 6.77. The first-order valence-corrected chi connectivity index (χ1v) is 5.26. The molecule has 0 bridgehead atoms. The Hall–Kier alpha value is -1.36. The number of imidazole rings is 1. The van der Waals surface area contributed by atoms with Crippen molar-refractivity contribution >= 4 is 22.1 Å². The lowest BCUT2D eigenvalue weighted by atomic mass is 10.2. The minimum atomic E-state index is -0.747. The summed E-state index contributed by atoms with van der Waals surface area (Å²) < 4.78 is 2.01. The Kier molecular flexibility index (Phi) is 2.49. The van der Waals surface area contributed by atoms with Gasteiger partial charge < -0.3 is 5.11 Å². The molecule has 2 aromatic heterocycles. The van der Waals surface area contributed by atoms with Gasteiger partial charge in [-0.15, -0.1) is 11.3 Å². The predicted octanol–water partition coefficient (Wildman–Crippen LogP) is 1.80. The molecule has 4 nitrogen and oxygen atoms in total. The lowest BCUT2D eigenvalue weighted by Gasteiger charge is -1.95. The maximum absolute atomic E-state index is 10.3. The molecule has 14 heavy (non-hydrogen) atoms. The second-order valence-corrected chi connectivity index (χ2v) is 3.96. The van der Waals surface area contributed by atoms with Gasteiger partial charge >= 0.3 is 5.97 Å². The number of carboxylic acid groups (broad SMARTS) is 1. The van der Waals surface area contributed by atoms with Crippen LogP contribution in [0.2, 0.25) is 0 Å². The third-order valence-corrected chi connectivity index (χ3v) is 2.83. The van der Waals surface area contributed by atoms with Gasteiger partial charge in [-0.2, -0.15) is 0 Å². The second-order valence-electron chi connectivity index (χ2n) is 3.03. The van der Waals surface area contributed by atoms with Crippen LogP contribution in [-0.2, 0) is 11.2 Å². The Morgan fingerprint density at radius 2 is 2.50 bits per heavy atom.